The number of hydrogen-bond acceptors (Lipinski definition) is 2. The van der Waals surface area contributed by atoms with E-state index >= 15 is 0 Å². The number of carbonyl (C=O) groups excluding carboxylic acids is 1. The van der Waals surface area contributed by atoms with Crippen molar-refractivity contribution in [2.75, 3.05) is 6.54 Å². The van der Waals surface area contributed by atoms with Crippen LogP contribution >= 0.6 is 0 Å². The van der Waals surface area contributed by atoms with Gasteiger partial charge in [0.2, 0.25) is 0 Å². The van der Waals surface area contributed by atoms with Crippen molar-refractivity contribution in [1.29, 1.82) is 0 Å². The monoisotopic (exact) mass is 358 g/mol. The zero-order chi connectivity index (χ0) is 18.7. The third-order valence-electron chi connectivity index (χ3n) is 4.83. The Balaban J connectivity index is 1.51. The van der Waals surface area contributed by atoms with Crippen LogP contribution in [0.2, 0.25) is 0 Å². The highest BCUT2D eigenvalue weighted by molar-refractivity contribution is 5.93. The van der Waals surface area contributed by atoms with Gasteiger partial charge in [0.05, 0.1) is 5.56 Å². The van der Waals surface area contributed by atoms with Gasteiger partial charge >= 0.3 is 0 Å². The lowest BCUT2D eigenvalue weighted by Crippen LogP contribution is -2.24. The Morgan fingerprint density at radius 3 is 2.33 bits per heavy atom. The molecule has 1 unspecified atom stereocenters. The molecule has 0 bridgehead atoms. The Morgan fingerprint density at radius 1 is 0.889 bits per heavy atom. The SMILES string of the molecule is O=C(NCCCC(CCc1ccccc1)c1ccccc1)c1cccnc1. The molecule has 1 aromatic heterocycles. The summed E-state index contributed by atoms with van der Waals surface area (Å²) >= 11 is 0. The van der Waals surface area contributed by atoms with E-state index in [9.17, 15) is 4.79 Å². The highest BCUT2D eigenvalue weighted by Crippen LogP contribution is 2.26. The summed E-state index contributed by atoms with van der Waals surface area (Å²) in [5.41, 5.74) is 3.37. The van der Waals surface area contributed by atoms with Crippen molar-refractivity contribution in [1.82, 2.24) is 10.3 Å². The molecule has 0 radical (unpaired) electrons. The van der Waals surface area contributed by atoms with Gasteiger partial charge < -0.3 is 5.32 Å². The van der Waals surface area contributed by atoms with Crippen LogP contribution in [-0.2, 0) is 6.42 Å². The molecule has 0 saturated heterocycles. The van der Waals surface area contributed by atoms with Gasteiger partial charge in [-0.2, -0.15) is 0 Å². The van der Waals surface area contributed by atoms with E-state index in [-0.39, 0.29) is 5.91 Å². The summed E-state index contributed by atoms with van der Waals surface area (Å²) in [6.45, 7) is 0.683. The molecule has 3 rings (SSSR count). The number of benzene rings is 2. The molecular weight excluding hydrogens is 332 g/mol. The Labute approximate surface area is 161 Å². The molecule has 0 spiro atoms. The van der Waals surface area contributed by atoms with Crippen molar-refractivity contribution in [2.24, 2.45) is 0 Å². The molecule has 0 saturated carbocycles. The van der Waals surface area contributed by atoms with E-state index in [1.54, 1.807) is 24.5 Å². The number of carbonyl (C=O) groups is 1. The third kappa shape index (κ3) is 6.07. The maximum atomic E-state index is 12.1. The largest absolute Gasteiger partial charge is 0.352 e. The first kappa shape index (κ1) is 18.8. The molecule has 138 valence electrons. The van der Waals surface area contributed by atoms with Crippen LogP contribution in [0, 0.1) is 0 Å². The summed E-state index contributed by atoms with van der Waals surface area (Å²) in [6.07, 6.45) is 7.48. The van der Waals surface area contributed by atoms with Crippen LogP contribution in [-0.4, -0.2) is 17.4 Å². The van der Waals surface area contributed by atoms with Crippen LogP contribution in [0.3, 0.4) is 0 Å². The molecule has 3 nitrogen and oxygen atoms in total. The van der Waals surface area contributed by atoms with Gasteiger partial charge in [0.25, 0.3) is 5.91 Å². The Kier molecular flexibility index (Phi) is 7.16. The molecule has 0 aliphatic heterocycles. The first-order valence-electron chi connectivity index (χ1n) is 9.60. The number of aryl methyl sites for hydroxylation is 1. The Morgan fingerprint density at radius 2 is 1.63 bits per heavy atom. The Bertz CT molecular complexity index is 804. The minimum Gasteiger partial charge on any atom is -0.352 e. The molecule has 27 heavy (non-hydrogen) atoms. The number of hydrogen-bond donors (Lipinski definition) is 1. The van der Waals surface area contributed by atoms with E-state index in [0.717, 1.165) is 25.7 Å². The summed E-state index contributed by atoms with van der Waals surface area (Å²) in [7, 11) is 0. The van der Waals surface area contributed by atoms with Gasteiger partial charge in [-0.3, -0.25) is 9.78 Å². The van der Waals surface area contributed by atoms with Crippen molar-refractivity contribution in [3.63, 3.8) is 0 Å². The van der Waals surface area contributed by atoms with Crippen LogP contribution in [0.4, 0.5) is 0 Å². The zero-order valence-electron chi connectivity index (χ0n) is 15.6. The molecule has 2 aromatic carbocycles. The zero-order valence-corrected chi connectivity index (χ0v) is 15.6. The number of nitrogens with one attached hydrogen (secondary N) is 1. The molecule has 1 heterocycles. The molecule has 1 N–H and O–H groups in total. The predicted molar refractivity (Wildman–Crippen MR) is 110 cm³/mol. The summed E-state index contributed by atoms with van der Waals surface area (Å²) < 4.78 is 0. The first-order valence-corrected chi connectivity index (χ1v) is 9.60. The van der Waals surface area contributed by atoms with Crippen molar-refractivity contribution in [3.8, 4) is 0 Å². The number of aromatic nitrogens is 1. The fourth-order valence-corrected chi connectivity index (χ4v) is 3.34. The maximum Gasteiger partial charge on any atom is 0.252 e. The van der Waals surface area contributed by atoms with Gasteiger partial charge in [0.1, 0.15) is 0 Å². The first-order chi connectivity index (χ1) is 13.3. The molecule has 1 amide bonds. The third-order valence-corrected chi connectivity index (χ3v) is 4.83. The second-order valence-electron chi connectivity index (χ2n) is 6.77. The van der Waals surface area contributed by atoms with Gasteiger partial charge in [0, 0.05) is 18.9 Å². The van der Waals surface area contributed by atoms with E-state index in [1.807, 2.05) is 0 Å². The van der Waals surface area contributed by atoms with Crippen molar-refractivity contribution in [2.45, 2.75) is 31.6 Å². The van der Waals surface area contributed by atoms with Gasteiger partial charge in [0.15, 0.2) is 0 Å². The Hall–Kier alpha value is -2.94. The summed E-state index contributed by atoms with van der Waals surface area (Å²) in [5.74, 6) is 0.449. The van der Waals surface area contributed by atoms with Gasteiger partial charge in [-0.05, 0) is 54.9 Å². The van der Waals surface area contributed by atoms with E-state index in [1.165, 1.54) is 11.1 Å². The standard InChI is InChI=1S/C24H26N2O/c27-24(23-14-7-17-25-19-23)26-18-8-13-22(21-11-5-2-6-12-21)16-15-20-9-3-1-4-10-20/h1-7,9-12,14,17,19,22H,8,13,15-16,18H2,(H,26,27). The molecule has 3 heteroatoms. The minimum atomic E-state index is -0.0522. The molecule has 0 fully saturated rings. The topological polar surface area (TPSA) is 42.0 Å². The molecular formula is C24H26N2O. The lowest BCUT2D eigenvalue weighted by Gasteiger charge is -2.18. The summed E-state index contributed by atoms with van der Waals surface area (Å²) in [4.78, 5) is 16.1. The number of rotatable bonds is 9. The van der Waals surface area contributed by atoms with Gasteiger partial charge in [-0.15, -0.1) is 0 Å². The second kappa shape index (κ2) is 10.3. The van der Waals surface area contributed by atoms with Crippen molar-refractivity contribution < 1.29 is 4.79 Å². The number of pyridine rings is 1. The maximum absolute atomic E-state index is 12.1. The van der Waals surface area contributed by atoms with Crippen LogP contribution in [0.5, 0.6) is 0 Å². The number of amides is 1. The average Bonchev–Trinajstić information content (AvgIpc) is 2.75. The van der Waals surface area contributed by atoms with E-state index in [2.05, 4.69) is 71.0 Å². The molecule has 3 aromatic rings. The van der Waals surface area contributed by atoms with E-state index in [0.29, 0.717) is 18.0 Å². The summed E-state index contributed by atoms with van der Waals surface area (Å²) in [5, 5.41) is 3.00. The van der Waals surface area contributed by atoms with Gasteiger partial charge in [-0.1, -0.05) is 60.7 Å². The number of nitrogens with zero attached hydrogens (tertiary/aromatic N) is 1. The van der Waals surface area contributed by atoms with Gasteiger partial charge in [-0.25, -0.2) is 0 Å². The van der Waals surface area contributed by atoms with Crippen LogP contribution in [0.25, 0.3) is 0 Å². The van der Waals surface area contributed by atoms with Crippen LogP contribution in [0.1, 0.15) is 46.7 Å². The van der Waals surface area contributed by atoms with Crippen molar-refractivity contribution in [3.05, 3.63) is 102 Å². The average molecular weight is 358 g/mol. The highest BCUT2D eigenvalue weighted by atomic mass is 16.1. The minimum absolute atomic E-state index is 0.0522. The lowest BCUT2D eigenvalue weighted by molar-refractivity contribution is 0.0952. The van der Waals surface area contributed by atoms with Crippen molar-refractivity contribution >= 4 is 5.91 Å². The fraction of sp³-hybridized carbons (Fsp3) is 0.250. The summed E-state index contributed by atoms with van der Waals surface area (Å²) in [6, 6.07) is 24.9. The molecule has 0 aliphatic carbocycles. The smallest absolute Gasteiger partial charge is 0.252 e. The lowest BCUT2D eigenvalue weighted by atomic mass is 9.88. The quantitative estimate of drug-likeness (QED) is 0.546. The van der Waals surface area contributed by atoms with Crippen LogP contribution < -0.4 is 5.32 Å². The van der Waals surface area contributed by atoms with Crippen LogP contribution in [0.15, 0.2) is 85.2 Å². The molecule has 0 aliphatic rings. The predicted octanol–water partition coefficient (Wildman–Crippen LogP) is 5.01. The highest BCUT2D eigenvalue weighted by Gasteiger charge is 2.12. The van der Waals surface area contributed by atoms with E-state index < -0.39 is 0 Å². The normalized spacial score (nSPS) is 11.7. The second-order valence-corrected chi connectivity index (χ2v) is 6.77. The molecule has 1 atom stereocenters. The fourth-order valence-electron chi connectivity index (χ4n) is 3.34. The van der Waals surface area contributed by atoms with E-state index in [4.69, 9.17) is 0 Å².